The average molecular weight is 289 g/mol. The van der Waals surface area contributed by atoms with Gasteiger partial charge in [0.1, 0.15) is 5.76 Å². The van der Waals surface area contributed by atoms with Gasteiger partial charge in [0.15, 0.2) is 5.83 Å². The van der Waals surface area contributed by atoms with Gasteiger partial charge in [-0.05, 0) is 13.8 Å². The minimum Gasteiger partial charge on any atom is -0.361 e. The molecule has 0 unspecified atom stereocenters. The first-order valence-electron chi connectivity index (χ1n) is 4.93. The van der Waals surface area contributed by atoms with Crippen LogP contribution in [-0.2, 0) is 0 Å². The molecule has 0 aliphatic heterocycles. The third-order valence-electron chi connectivity index (χ3n) is 2.88. The van der Waals surface area contributed by atoms with Gasteiger partial charge in [0.25, 0.3) is 0 Å². The summed E-state index contributed by atoms with van der Waals surface area (Å²) >= 11 is 0. The molecular formula is C10H6F7NO. The van der Waals surface area contributed by atoms with Gasteiger partial charge in [0.05, 0.1) is 16.8 Å². The topological polar surface area (TPSA) is 26.0 Å². The minimum atomic E-state index is -5.85. The quantitative estimate of drug-likeness (QED) is 0.733. The Kier molecular flexibility index (Phi) is 2.57. The predicted molar refractivity (Wildman–Crippen MR) is 48.8 cm³/mol. The van der Waals surface area contributed by atoms with Crippen molar-refractivity contribution in [1.82, 2.24) is 5.16 Å². The molecule has 0 radical (unpaired) electrons. The van der Waals surface area contributed by atoms with E-state index >= 15 is 0 Å². The van der Waals surface area contributed by atoms with Crippen LogP contribution in [0.15, 0.2) is 10.3 Å². The summed E-state index contributed by atoms with van der Waals surface area (Å²) in [6.45, 7) is 2.08. The Morgan fingerprint density at radius 2 is 1.47 bits per heavy atom. The van der Waals surface area contributed by atoms with E-state index in [-0.39, 0.29) is 5.69 Å². The van der Waals surface area contributed by atoms with Gasteiger partial charge in [-0.1, -0.05) is 5.16 Å². The third kappa shape index (κ3) is 1.41. The molecule has 1 heterocycles. The monoisotopic (exact) mass is 289 g/mol. The summed E-state index contributed by atoms with van der Waals surface area (Å²) in [6.07, 6.45) is 0. The van der Waals surface area contributed by atoms with Crippen LogP contribution in [0.25, 0.3) is 5.57 Å². The second-order valence-electron chi connectivity index (χ2n) is 4.11. The normalized spacial score (nSPS) is 24.1. The molecule has 0 aromatic carbocycles. The van der Waals surface area contributed by atoms with Crippen LogP contribution < -0.4 is 0 Å². The summed E-state index contributed by atoms with van der Waals surface area (Å²) in [4.78, 5) is 0. The Morgan fingerprint density at radius 1 is 0.947 bits per heavy atom. The fraction of sp³-hybridized carbons (Fsp3) is 0.500. The van der Waals surface area contributed by atoms with E-state index in [9.17, 15) is 30.7 Å². The lowest BCUT2D eigenvalue weighted by atomic mass is 9.99. The van der Waals surface area contributed by atoms with E-state index in [2.05, 4.69) is 9.68 Å². The number of rotatable bonds is 1. The Bertz CT molecular complexity index is 553. The minimum absolute atomic E-state index is 0.379. The molecule has 0 atom stereocenters. The number of hydrogen-bond acceptors (Lipinski definition) is 2. The van der Waals surface area contributed by atoms with Gasteiger partial charge >= 0.3 is 17.8 Å². The number of allylic oxidation sites excluding steroid dienone is 2. The molecule has 0 saturated heterocycles. The second kappa shape index (κ2) is 3.51. The number of aryl methyl sites for hydroxylation is 2. The summed E-state index contributed by atoms with van der Waals surface area (Å²) in [7, 11) is 0. The number of hydrogen-bond donors (Lipinski definition) is 0. The molecule has 0 fully saturated rings. The number of aromatic nitrogens is 1. The Morgan fingerprint density at radius 3 is 1.79 bits per heavy atom. The zero-order valence-corrected chi connectivity index (χ0v) is 9.50. The Balaban J connectivity index is 2.80. The van der Waals surface area contributed by atoms with Gasteiger partial charge in [0, 0.05) is 0 Å². The zero-order valence-electron chi connectivity index (χ0n) is 9.50. The van der Waals surface area contributed by atoms with Crippen LogP contribution in [-0.4, -0.2) is 22.9 Å². The number of halogens is 7. The van der Waals surface area contributed by atoms with E-state index in [0.29, 0.717) is 0 Å². The molecule has 1 aliphatic rings. The fourth-order valence-corrected chi connectivity index (χ4v) is 1.89. The van der Waals surface area contributed by atoms with Crippen molar-refractivity contribution >= 4 is 5.57 Å². The first-order chi connectivity index (χ1) is 8.46. The summed E-state index contributed by atoms with van der Waals surface area (Å²) in [5.41, 5.74) is -3.31. The predicted octanol–water partition coefficient (Wildman–Crippen LogP) is 3.89. The summed E-state index contributed by atoms with van der Waals surface area (Å²) in [6, 6.07) is 0. The van der Waals surface area contributed by atoms with Crippen LogP contribution in [0.1, 0.15) is 17.0 Å². The zero-order chi connectivity index (χ0) is 14.8. The SMILES string of the molecule is Cc1noc(C)c1C1=C(F)C(F)(F)C(F)(F)C1(F)F. The maximum absolute atomic E-state index is 13.5. The van der Waals surface area contributed by atoms with Gasteiger partial charge in [-0.15, -0.1) is 0 Å². The van der Waals surface area contributed by atoms with E-state index in [4.69, 9.17) is 0 Å². The Labute approximate surface area is 101 Å². The Hall–Kier alpha value is -1.54. The van der Waals surface area contributed by atoms with Crippen LogP contribution in [0, 0.1) is 13.8 Å². The molecule has 0 saturated carbocycles. The van der Waals surface area contributed by atoms with Crippen molar-refractivity contribution in [2.24, 2.45) is 0 Å². The van der Waals surface area contributed by atoms with E-state index in [1.165, 1.54) is 0 Å². The lowest BCUT2D eigenvalue weighted by molar-refractivity contribution is -0.263. The molecule has 0 amide bonds. The molecule has 106 valence electrons. The van der Waals surface area contributed by atoms with Crippen molar-refractivity contribution in [2.45, 2.75) is 31.6 Å². The van der Waals surface area contributed by atoms with Crippen LogP contribution in [0.2, 0.25) is 0 Å². The van der Waals surface area contributed by atoms with Crippen LogP contribution >= 0.6 is 0 Å². The van der Waals surface area contributed by atoms with Crippen molar-refractivity contribution in [2.75, 3.05) is 0 Å². The van der Waals surface area contributed by atoms with Gasteiger partial charge in [-0.25, -0.2) is 4.39 Å². The lowest BCUT2D eigenvalue weighted by Crippen LogP contribution is -2.48. The molecule has 1 aromatic rings. The van der Waals surface area contributed by atoms with Crippen molar-refractivity contribution in [3.63, 3.8) is 0 Å². The summed E-state index contributed by atoms with van der Waals surface area (Å²) < 4.78 is 96.8. The van der Waals surface area contributed by atoms with Crippen LogP contribution in [0.4, 0.5) is 30.7 Å². The first-order valence-corrected chi connectivity index (χ1v) is 4.93. The van der Waals surface area contributed by atoms with Crippen molar-refractivity contribution in [3.8, 4) is 0 Å². The molecule has 0 N–H and O–H groups in total. The highest BCUT2D eigenvalue weighted by molar-refractivity contribution is 5.80. The van der Waals surface area contributed by atoms with E-state index in [0.717, 1.165) is 13.8 Å². The van der Waals surface area contributed by atoms with Crippen molar-refractivity contribution < 1.29 is 35.3 Å². The smallest absolute Gasteiger partial charge is 0.361 e. The molecule has 2 rings (SSSR count). The van der Waals surface area contributed by atoms with E-state index in [1.807, 2.05) is 0 Å². The maximum atomic E-state index is 13.5. The van der Waals surface area contributed by atoms with Crippen LogP contribution in [0.5, 0.6) is 0 Å². The highest BCUT2D eigenvalue weighted by Gasteiger charge is 2.81. The highest BCUT2D eigenvalue weighted by atomic mass is 19.3. The van der Waals surface area contributed by atoms with Gasteiger partial charge in [-0.3, -0.25) is 0 Å². The van der Waals surface area contributed by atoms with Crippen molar-refractivity contribution in [1.29, 1.82) is 0 Å². The molecule has 0 bridgehead atoms. The largest absolute Gasteiger partial charge is 0.383 e. The van der Waals surface area contributed by atoms with Gasteiger partial charge in [0.2, 0.25) is 0 Å². The van der Waals surface area contributed by atoms with E-state index in [1.54, 1.807) is 0 Å². The molecule has 1 aliphatic carbocycles. The summed E-state index contributed by atoms with van der Waals surface area (Å²) in [5, 5.41) is 3.16. The molecule has 1 aromatic heterocycles. The average Bonchev–Trinajstić information content (AvgIpc) is 2.63. The third-order valence-corrected chi connectivity index (χ3v) is 2.88. The molecule has 19 heavy (non-hydrogen) atoms. The van der Waals surface area contributed by atoms with E-state index < -0.39 is 40.5 Å². The van der Waals surface area contributed by atoms with Gasteiger partial charge in [-0.2, -0.15) is 26.3 Å². The number of nitrogens with zero attached hydrogens (tertiary/aromatic N) is 1. The molecular weight excluding hydrogens is 283 g/mol. The first kappa shape index (κ1) is 13.9. The van der Waals surface area contributed by atoms with Crippen LogP contribution in [0.3, 0.4) is 0 Å². The highest BCUT2D eigenvalue weighted by Crippen LogP contribution is 2.62. The standard InChI is InChI=1S/C10H6F7NO/c1-3-5(4(2)19-18-3)6-7(11)9(14,15)10(16,17)8(6,12)13/h1-2H3. The van der Waals surface area contributed by atoms with Gasteiger partial charge < -0.3 is 4.52 Å². The van der Waals surface area contributed by atoms with Crippen molar-refractivity contribution in [3.05, 3.63) is 22.8 Å². The lowest BCUT2D eigenvalue weighted by Gasteiger charge is -2.24. The fourth-order valence-electron chi connectivity index (χ4n) is 1.89. The molecule has 2 nitrogen and oxygen atoms in total. The molecule has 0 spiro atoms. The molecule has 9 heteroatoms. The summed E-state index contributed by atoms with van der Waals surface area (Å²) in [5.74, 6) is -20.1. The maximum Gasteiger partial charge on any atom is 0.383 e. The number of alkyl halides is 6. The second-order valence-corrected chi connectivity index (χ2v) is 4.11.